The number of imidazole rings is 1. The van der Waals surface area contributed by atoms with Crippen molar-refractivity contribution < 1.29 is 0 Å². The van der Waals surface area contributed by atoms with Crippen molar-refractivity contribution in [3.63, 3.8) is 0 Å². The first-order chi connectivity index (χ1) is 13.7. The number of anilines is 3. The van der Waals surface area contributed by atoms with Crippen LogP contribution < -0.4 is 10.2 Å². The van der Waals surface area contributed by atoms with E-state index in [1.807, 2.05) is 36.2 Å². The van der Waals surface area contributed by atoms with E-state index in [1.54, 1.807) is 12.5 Å². The van der Waals surface area contributed by atoms with Crippen LogP contribution in [0.2, 0.25) is 5.02 Å². The zero-order valence-electron chi connectivity index (χ0n) is 15.3. The number of rotatable bonds is 6. The minimum Gasteiger partial charge on any atom is -0.345 e. The molecule has 3 aromatic heterocycles. The SMILES string of the molecule is CN(Cc1ccc2[nH]cnc2c1Cl)c1nccc(Nc2cc(C3CC3)[nH]n2)n1. The van der Waals surface area contributed by atoms with Crippen LogP contribution in [0.3, 0.4) is 0 Å². The van der Waals surface area contributed by atoms with Gasteiger partial charge in [0.2, 0.25) is 5.95 Å². The number of H-pyrrole nitrogens is 2. The fraction of sp³-hybridized carbons (Fsp3) is 0.263. The maximum absolute atomic E-state index is 6.51. The molecule has 1 saturated carbocycles. The quantitative estimate of drug-likeness (QED) is 0.457. The van der Waals surface area contributed by atoms with Gasteiger partial charge in [-0.3, -0.25) is 5.10 Å². The Morgan fingerprint density at radius 3 is 2.96 bits per heavy atom. The van der Waals surface area contributed by atoms with Crippen molar-refractivity contribution in [2.75, 3.05) is 17.3 Å². The highest BCUT2D eigenvalue weighted by molar-refractivity contribution is 6.35. The Morgan fingerprint density at radius 1 is 1.21 bits per heavy atom. The fourth-order valence-electron chi connectivity index (χ4n) is 3.20. The zero-order valence-corrected chi connectivity index (χ0v) is 16.0. The molecule has 0 radical (unpaired) electrons. The van der Waals surface area contributed by atoms with Gasteiger partial charge in [-0.15, -0.1) is 0 Å². The molecular formula is C19H19ClN8. The third kappa shape index (κ3) is 3.27. The molecule has 8 nitrogen and oxygen atoms in total. The number of hydrogen-bond acceptors (Lipinski definition) is 6. The van der Waals surface area contributed by atoms with Crippen molar-refractivity contribution in [3.8, 4) is 0 Å². The summed E-state index contributed by atoms with van der Waals surface area (Å²) in [7, 11) is 1.93. The summed E-state index contributed by atoms with van der Waals surface area (Å²) in [4.78, 5) is 18.3. The maximum atomic E-state index is 6.51. The van der Waals surface area contributed by atoms with E-state index in [4.69, 9.17) is 11.6 Å². The largest absolute Gasteiger partial charge is 0.345 e. The monoisotopic (exact) mass is 394 g/mol. The van der Waals surface area contributed by atoms with Gasteiger partial charge in [0.15, 0.2) is 5.82 Å². The van der Waals surface area contributed by atoms with Crippen LogP contribution in [-0.4, -0.2) is 37.2 Å². The Labute approximate surface area is 166 Å². The molecule has 0 spiro atoms. The van der Waals surface area contributed by atoms with Crippen LogP contribution in [0.4, 0.5) is 17.6 Å². The summed E-state index contributed by atoms with van der Waals surface area (Å²) in [6.07, 6.45) is 5.84. The minimum absolute atomic E-state index is 0.569. The van der Waals surface area contributed by atoms with E-state index in [0.29, 0.717) is 29.3 Å². The van der Waals surface area contributed by atoms with Gasteiger partial charge < -0.3 is 15.2 Å². The Balaban J connectivity index is 1.33. The lowest BCUT2D eigenvalue weighted by molar-refractivity contribution is 0.868. The first-order valence-corrected chi connectivity index (χ1v) is 9.52. The smallest absolute Gasteiger partial charge is 0.227 e. The zero-order chi connectivity index (χ0) is 19.1. The van der Waals surface area contributed by atoms with Gasteiger partial charge in [-0.25, -0.2) is 9.97 Å². The topological polar surface area (TPSA) is 98.4 Å². The average Bonchev–Trinajstić information content (AvgIpc) is 3.25. The van der Waals surface area contributed by atoms with Crippen LogP contribution in [0.15, 0.2) is 36.8 Å². The van der Waals surface area contributed by atoms with Crippen molar-refractivity contribution in [3.05, 3.63) is 53.1 Å². The molecule has 142 valence electrons. The Hall–Kier alpha value is -3.13. The van der Waals surface area contributed by atoms with Crippen molar-refractivity contribution in [1.82, 2.24) is 30.1 Å². The van der Waals surface area contributed by atoms with Gasteiger partial charge in [0, 0.05) is 37.5 Å². The standard InChI is InChI=1S/C19H19ClN8/c1-28(9-12-4-5-13-18(17(12)20)23-10-22-13)19-21-7-6-15(25-19)24-16-8-14(26-27-16)11-2-3-11/h4-8,10-11H,2-3,9H2,1H3,(H,22,23)(H2,21,24,25,26,27). The predicted molar refractivity (Wildman–Crippen MR) is 109 cm³/mol. The number of aromatic amines is 2. The molecule has 0 saturated heterocycles. The first-order valence-electron chi connectivity index (χ1n) is 9.14. The molecule has 4 aromatic rings. The lowest BCUT2D eigenvalue weighted by Gasteiger charge is -2.18. The number of hydrogen-bond donors (Lipinski definition) is 3. The maximum Gasteiger partial charge on any atom is 0.227 e. The molecule has 1 aliphatic carbocycles. The van der Waals surface area contributed by atoms with Crippen molar-refractivity contribution in [2.24, 2.45) is 0 Å². The average molecular weight is 395 g/mol. The molecule has 9 heteroatoms. The summed E-state index contributed by atoms with van der Waals surface area (Å²) >= 11 is 6.51. The van der Waals surface area contributed by atoms with Crippen LogP contribution in [0.5, 0.6) is 0 Å². The summed E-state index contributed by atoms with van der Waals surface area (Å²) in [6, 6.07) is 7.84. The fourth-order valence-corrected chi connectivity index (χ4v) is 3.47. The summed E-state index contributed by atoms with van der Waals surface area (Å²) in [5.41, 5.74) is 3.83. The van der Waals surface area contributed by atoms with Crippen LogP contribution in [-0.2, 0) is 6.54 Å². The van der Waals surface area contributed by atoms with E-state index in [-0.39, 0.29) is 0 Å². The van der Waals surface area contributed by atoms with Crippen molar-refractivity contribution in [2.45, 2.75) is 25.3 Å². The highest BCUT2D eigenvalue weighted by atomic mass is 35.5. The highest BCUT2D eigenvalue weighted by Gasteiger charge is 2.25. The number of aromatic nitrogens is 6. The molecule has 0 atom stereocenters. The van der Waals surface area contributed by atoms with Gasteiger partial charge in [0.25, 0.3) is 0 Å². The number of nitrogens with zero attached hydrogens (tertiary/aromatic N) is 5. The molecular weight excluding hydrogens is 376 g/mol. The number of fused-ring (bicyclic) bond motifs is 1. The van der Waals surface area contributed by atoms with E-state index >= 15 is 0 Å². The summed E-state index contributed by atoms with van der Waals surface area (Å²) in [6.45, 7) is 0.569. The normalized spacial score (nSPS) is 13.8. The van der Waals surface area contributed by atoms with Crippen LogP contribution >= 0.6 is 11.6 Å². The van der Waals surface area contributed by atoms with Crippen LogP contribution in [0.1, 0.15) is 30.0 Å². The van der Waals surface area contributed by atoms with Gasteiger partial charge in [0.05, 0.1) is 16.9 Å². The van der Waals surface area contributed by atoms with Gasteiger partial charge in [0.1, 0.15) is 11.3 Å². The summed E-state index contributed by atoms with van der Waals surface area (Å²) < 4.78 is 0. The summed E-state index contributed by atoms with van der Waals surface area (Å²) in [5.74, 6) is 2.69. The van der Waals surface area contributed by atoms with Gasteiger partial charge in [-0.2, -0.15) is 10.1 Å². The number of nitrogens with one attached hydrogen (secondary N) is 3. The molecule has 1 aliphatic rings. The van der Waals surface area contributed by atoms with Gasteiger partial charge in [-0.1, -0.05) is 17.7 Å². The molecule has 1 aromatic carbocycles. The van der Waals surface area contributed by atoms with E-state index in [0.717, 1.165) is 22.4 Å². The van der Waals surface area contributed by atoms with Crippen LogP contribution in [0, 0.1) is 0 Å². The lowest BCUT2D eigenvalue weighted by Crippen LogP contribution is -2.19. The van der Waals surface area contributed by atoms with Gasteiger partial charge in [-0.05, 0) is 30.5 Å². The molecule has 0 bridgehead atoms. The molecule has 5 rings (SSSR count). The second-order valence-corrected chi connectivity index (χ2v) is 7.42. The number of halogens is 1. The molecule has 3 heterocycles. The summed E-state index contributed by atoms with van der Waals surface area (Å²) in [5, 5.41) is 11.3. The Morgan fingerprint density at radius 2 is 2.11 bits per heavy atom. The third-order valence-corrected chi connectivity index (χ3v) is 5.29. The molecule has 28 heavy (non-hydrogen) atoms. The molecule has 3 N–H and O–H groups in total. The van der Waals surface area contributed by atoms with E-state index in [1.165, 1.54) is 18.5 Å². The molecule has 0 aliphatic heterocycles. The lowest BCUT2D eigenvalue weighted by atomic mass is 10.2. The molecule has 0 unspecified atom stereocenters. The van der Waals surface area contributed by atoms with E-state index in [2.05, 4.69) is 35.5 Å². The third-order valence-electron chi connectivity index (χ3n) is 4.87. The van der Waals surface area contributed by atoms with Crippen molar-refractivity contribution in [1.29, 1.82) is 0 Å². The second-order valence-electron chi connectivity index (χ2n) is 7.04. The number of benzene rings is 1. The molecule has 1 fully saturated rings. The Kier molecular flexibility index (Phi) is 4.12. The predicted octanol–water partition coefficient (Wildman–Crippen LogP) is 3.99. The first kappa shape index (κ1) is 17.0. The van der Waals surface area contributed by atoms with E-state index in [9.17, 15) is 0 Å². The Bertz CT molecular complexity index is 1130. The second kappa shape index (κ2) is 6.79. The highest BCUT2D eigenvalue weighted by Crippen LogP contribution is 2.39. The van der Waals surface area contributed by atoms with Gasteiger partial charge >= 0.3 is 0 Å². The van der Waals surface area contributed by atoms with Crippen LogP contribution in [0.25, 0.3) is 11.0 Å². The van der Waals surface area contributed by atoms with E-state index < -0.39 is 0 Å². The van der Waals surface area contributed by atoms with Crippen molar-refractivity contribution >= 4 is 40.2 Å². The minimum atomic E-state index is 0.569. The molecule has 0 amide bonds.